The average Bonchev–Trinajstić information content (AvgIpc) is 2.73. The predicted octanol–water partition coefficient (Wildman–Crippen LogP) is -0.0802. The fraction of sp³-hybridized carbons (Fsp3) is 0.909. The van der Waals surface area contributed by atoms with Crippen molar-refractivity contribution in [2.75, 3.05) is 26.7 Å². The Bertz CT molecular complexity index is 257. The molecule has 0 aliphatic carbocycles. The van der Waals surface area contributed by atoms with Gasteiger partial charge in [0.25, 0.3) is 0 Å². The first-order valence-corrected chi connectivity index (χ1v) is 5.76. The molecule has 0 radical (unpaired) electrons. The van der Waals surface area contributed by atoms with Crippen LogP contribution < -0.4 is 0 Å². The second kappa shape index (κ2) is 4.10. The van der Waals surface area contributed by atoms with E-state index in [1.54, 1.807) is 4.90 Å². The maximum absolute atomic E-state index is 11.9. The standard InChI is InChI=1S/C11H20N2O2/c1-8-3-6-13(10(8)7-14)9-4-5-12(2)11(9)15/h8-10,14H,3-7H2,1-2H3. The molecule has 2 aliphatic heterocycles. The normalized spacial score (nSPS) is 37.9. The van der Waals surface area contributed by atoms with Crippen molar-refractivity contribution >= 4 is 5.91 Å². The molecule has 0 aromatic rings. The van der Waals surface area contributed by atoms with Gasteiger partial charge in [-0.1, -0.05) is 6.92 Å². The van der Waals surface area contributed by atoms with E-state index in [1.807, 2.05) is 7.05 Å². The highest BCUT2D eigenvalue weighted by Gasteiger charge is 2.41. The third kappa shape index (κ3) is 1.76. The van der Waals surface area contributed by atoms with E-state index in [1.165, 1.54) is 0 Å². The Labute approximate surface area is 90.9 Å². The summed E-state index contributed by atoms with van der Waals surface area (Å²) in [4.78, 5) is 15.9. The Balaban J connectivity index is 2.08. The minimum Gasteiger partial charge on any atom is -0.395 e. The zero-order valence-electron chi connectivity index (χ0n) is 9.52. The van der Waals surface area contributed by atoms with E-state index in [0.29, 0.717) is 5.92 Å². The van der Waals surface area contributed by atoms with Crippen LogP contribution in [-0.2, 0) is 4.79 Å². The maximum Gasteiger partial charge on any atom is 0.239 e. The van der Waals surface area contributed by atoms with Crippen molar-refractivity contribution in [2.24, 2.45) is 5.92 Å². The summed E-state index contributed by atoms with van der Waals surface area (Å²) in [5, 5.41) is 9.35. The summed E-state index contributed by atoms with van der Waals surface area (Å²) < 4.78 is 0. The van der Waals surface area contributed by atoms with Crippen LogP contribution in [0.15, 0.2) is 0 Å². The number of aliphatic hydroxyl groups is 1. The van der Waals surface area contributed by atoms with Crippen LogP contribution in [0.5, 0.6) is 0 Å². The van der Waals surface area contributed by atoms with Crippen molar-refractivity contribution in [1.82, 2.24) is 9.80 Å². The minimum absolute atomic E-state index is 0.0251. The SMILES string of the molecule is CC1CCN(C2CCN(C)C2=O)C1CO. The number of likely N-dealkylation sites (N-methyl/N-ethyl adjacent to an activating group) is 1. The third-order valence-electron chi connectivity index (χ3n) is 3.91. The van der Waals surface area contributed by atoms with E-state index in [0.717, 1.165) is 25.9 Å². The summed E-state index contributed by atoms with van der Waals surface area (Å²) in [7, 11) is 1.86. The summed E-state index contributed by atoms with van der Waals surface area (Å²) in [6.07, 6.45) is 2.01. The van der Waals surface area contributed by atoms with Gasteiger partial charge in [-0.2, -0.15) is 0 Å². The summed E-state index contributed by atoms with van der Waals surface area (Å²) in [5.74, 6) is 0.733. The van der Waals surface area contributed by atoms with Gasteiger partial charge >= 0.3 is 0 Å². The molecule has 2 saturated heterocycles. The maximum atomic E-state index is 11.9. The van der Waals surface area contributed by atoms with Crippen molar-refractivity contribution < 1.29 is 9.90 Å². The number of hydrogen-bond acceptors (Lipinski definition) is 3. The van der Waals surface area contributed by atoms with Gasteiger partial charge in [-0.05, 0) is 25.3 Å². The molecule has 4 heteroatoms. The number of amides is 1. The van der Waals surface area contributed by atoms with E-state index in [2.05, 4.69) is 11.8 Å². The molecule has 0 aromatic carbocycles. The van der Waals surface area contributed by atoms with Crippen molar-refractivity contribution in [3.8, 4) is 0 Å². The van der Waals surface area contributed by atoms with E-state index in [4.69, 9.17) is 0 Å². The molecule has 2 aliphatic rings. The lowest BCUT2D eigenvalue weighted by atomic mass is 10.0. The number of carbonyl (C=O) groups excluding carboxylic acids is 1. The van der Waals surface area contributed by atoms with Gasteiger partial charge in [-0.3, -0.25) is 9.69 Å². The molecule has 2 rings (SSSR count). The number of aliphatic hydroxyl groups excluding tert-OH is 1. The van der Waals surface area contributed by atoms with Crippen LogP contribution in [0.25, 0.3) is 0 Å². The minimum atomic E-state index is 0.0251. The molecular formula is C11H20N2O2. The van der Waals surface area contributed by atoms with Gasteiger partial charge in [0.2, 0.25) is 5.91 Å². The lowest BCUT2D eigenvalue weighted by Crippen LogP contribution is -2.46. The fourth-order valence-electron chi connectivity index (χ4n) is 2.82. The molecule has 3 atom stereocenters. The fourth-order valence-corrected chi connectivity index (χ4v) is 2.82. The summed E-state index contributed by atoms with van der Waals surface area (Å²) in [5.41, 5.74) is 0. The first-order chi connectivity index (χ1) is 7.15. The molecular weight excluding hydrogens is 192 g/mol. The highest BCUT2D eigenvalue weighted by molar-refractivity contribution is 5.83. The Morgan fingerprint density at radius 2 is 2.13 bits per heavy atom. The van der Waals surface area contributed by atoms with Crippen LogP contribution in [0.4, 0.5) is 0 Å². The number of likely N-dealkylation sites (tertiary alicyclic amines) is 2. The highest BCUT2D eigenvalue weighted by Crippen LogP contribution is 2.29. The molecule has 0 spiro atoms. The highest BCUT2D eigenvalue weighted by atomic mass is 16.3. The van der Waals surface area contributed by atoms with Crippen LogP contribution in [-0.4, -0.2) is 59.6 Å². The monoisotopic (exact) mass is 212 g/mol. The number of nitrogens with zero attached hydrogens (tertiary/aromatic N) is 2. The topological polar surface area (TPSA) is 43.8 Å². The molecule has 3 unspecified atom stereocenters. The molecule has 2 heterocycles. The van der Waals surface area contributed by atoms with Gasteiger partial charge in [0.15, 0.2) is 0 Å². The van der Waals surface area contributed by atoms with Gasteiger partial charge in [-0.25, -0.2) is 0 Å². The number of rotatable bonds is 2. The van der Waals surface area contributed by atoms with Crippen molar-refractivity contribution in [2.45, 2.75) is 31.8 Å². The first kappa shape index (κ1) is 10.9. The largest absolute Gasteiger partial charge is 0.395 e. The lowest BCUT2D eigenvalue weighted by molar-refractivity contribution is -0.131. The zero-order chi connectivity index (χ0) is 11.0. The summed E-state index contributed by atoms with van der Waals surface area (Å²) in [6.45, 7) is 4.14. The summed E-state index contributed by atoms with van der Waals surface area (Å²) >= 11 is 0. The van der Waals surface area contributed by atoms with Crippen LogP contribution in [0.2, 0.25) is 0 Å². The number of hydrogen-bond donors (Lipinski definition) is 1. The van der Waals surface area contributed by atoms with Crippen LogP contribution in [0.3, 0.4) is 0 Å². The third-order valence-corrected chi connectivity index (χ3v) is 3.91. The molecule has 1 N–H and O–H groups in total. The Morgan fingerprint density at radius 3 is 2.67 bits per heavy atom. The van der Waals surface area contributed by atoms with Gasteiger partial charge in [0.1, 0.15) is 0 Å². The van der Waals surface area contributed by atoms with Gasteiger partial charge in [0, 0.05) is 19.6 Å². The molecule has 0 bridgehead atoms. The Morgan fingerprint density at radius 1 is 1.40 bits per heavy atom. The quantitative estimate of drug-likeness (QED) is 0.696. The molecule has 15 heavy (non-hydrogen) atoms. The van der Waals surface area contributed by atoms with Gasteiger partial charge in [-0.15, -0.1) is 0 Å². The second-order valence-corrected chi connectivity index (χ2v) is 4.82. The Hall–Kier alpha value is -0.610. The molecule has 4 nitrogen and oxygen atoms in total. The van der Waals surface area contributed by atoms with Crippen molar-refractivity contribution in [1.29, 1.82) is 0 Å². The van der Waals surface area contributed by atoms with Gasteiger partial charge < -0.3 is 10.0 Å². The summed E-state index contributed by atoms with van der Waals surface area (Å²) in [6, 6.07) is 0.211. The Kier molecular flexibility index (Phi) is 2.98. The van der Waals surface area contributed by atoms with Gasteiger partial charge in [0.05, 0.1) is 12.6 Å². The molecule has 0 saturated carbocycles. The zero-order valence-corrected chi connectivity index (χ0v) is 9.52. The van der Waals surface area contributed by atoms with E-state index >= 15 is 0 Å². The second-order valence-electron chi connectivity index (χ2n) is 4.82. The number of carbonyl (C=O) groups is 1. The molecule has 0 aromatic heterocycles. The van der Waals surface area contributed by atoms with Crippen molar-refractivity contribution in [3.05, 3.63) is 0 Å². The average molecular weight is 212 g/mol. The van der Waals surface area contributed by atoms with E-state index < -0.39 is 0 Å². The van der Waals surface area contributed by atoms with E-state index in [-0.39, 0.29) is 24.6 Å². The molecule has 86 valence electrons. The lowest BCUT2D eigenvalue weighted by Gasteiger charge is -2.29. The van der Waals surface area contributed by atoms with E-state index in [9.17, 15) is 9.90 Å². The molecule has 2 fully saturated rings. The van der Waals surface area contributed by atoms with Crippen molar-refractivity contribution in [3.63, 3.8) is 0 Å². The first-order valence-electron chi connectivity index (χ1n) is 5.76. The van der Waals surface area contributed by atoms with Crippen LogP contribution in [0, 0.1) is 5.92 Å². The smallest absolute Gasteiger partial charge is 0.239 e. The predicted molar refractivity (Wildman–Crippen MR) is 57.4 cm³/mol. The van der Waals surface area contributed by atoms with Crippen LogP contribution in [0.1, 0.15) is 19.8 Å². The molecule has 1 amide bonds. The van der Waals surface area contributed by atoms with Crippen LogP contribution >= 0.6 is 0 Å².